The second-order valence-corrected chi connectivity index (χ2v) is 6.69. The lowest BCUT2D eigenvalue weighted by molar-refractivity contribution is -0.133. The van der Waals surface area contributed by atoms with Crippen LogP contribution in [0.4, 0.5) is 0 Å². The van der Waals surface area contributed by atoms with Crippen LogP contribution in [0.5, 0.6) is 11.5 Å². The van der Waals surface area contributed by atoms with Crippen LogP contribution in [0.2, 0.25) is 0 Å². The standard InChI is InChI=1S/C20H30O4/c1-5-14(2)17-11-12-19(20(13-17)22-15(3)21)24-16(4)23-18-9-7-6-8-10-18/h11-14,16,18H,5-10H2,1-4H3. The summed E-state index contributed by atoms with van der Waals surface area (Å²) in [6, 6.07) is 5.81. The van der Waals surface area contributed by atoms with Gasteiger partial charge in [0.1, 0.15) is 0 Å². The highest BCUT2D eigenvalue weighted by atomic mass is 16.7. The summed E-state index contributed by atoms with van der Waals surface area (Å²) in [5.41, 5.74) is 1.14. The molecule has 1 aliphatic carbocycles. The highest BCUT2D eigenvalue weighted by molar-refractivity contribution is 5.70. The second-order valence-electron chi connectivity index (χ2n) is 6.69. The van der Waals surface area contributed by atoms with Gasteiger partial charge < -0.3 is 14.2 Å². The van der Waals surface area contributed by atoms with Gasteiger partial charge in [0.2, 0.25) is 0 Å². The molecule has 4 heteroatoms. The Balaban J connectivity index is 2.07. The molecule has 1 saturated carbocycles. The Morgan fingerprint density at radius 1 is 1.17 bits per heavy atom. The predicted octanol–water partition coefficient (Wildman–Crippen LogP) is 5.20. The smallest absolute Gasteiger partial charge is 0.308 e. The Hall–Kier alpha value is -1.55. The highest BCUT2D eigenvalue weighted by Crippen LogP contribution is 2.33. The van der Waals surface area contributed by atoms with Gasteiger partial charge in [0.15, 0.2) is 17.8 Å². The van der Waals surface area contributed by atoms with Gasteiger partial charge in [-0.25, -0.2) is 0 Å². The molecule has 1 aliphatic rings. The van der Waals surface area contributed by atoms with Crippen molar-refractivity contribution in [2.45, 2.75) is 84.5 Å². The third-order valence-electron chi connectivity index (χ3n) is 4.63. The Bertz CT molecular complexity index is 534. The fourth-order valence-electron chi connectivity index (χ4n) is 3.08. The van der Waals surface area contributed by atoms with Gasteiger partial charge in [-0.2, -0.15) is 0 Å². The molecule has 0 saturated heterocycles. The van der Waals surface area contributed by atoms with E-state index >= 15 is 0 Å². The van der Waals surface area contributed by atoms with Crippen LogP contribution in [-0.4, -0.2) is 18.4 Å². The third kappa shape index (κ3) is 5.52. The van der Waals surface area contributed by atoms with Gasteiger partial charge in [-0.1, -0.05) is 39.2 Å². The van der Waals surface area contributed by atoms with E-state index in [9.17, 15) is 4.79 Å². The van der Waals surface area contributed by atoms with E-state index in [0.717, 1.165) is 24.8 Å². The van der Waals surface area contributed by atoms with Gasteiger partial charge in [0.25, 0.3) is 0 Å². The molecule has 2 rings (SSSR count). The number of benzene rings is 1. The second kappa shape index (κ2) is 9.07. The van der Waals surface area contributed by atoms with Crippen LogP contribution in [0.15, 0.2) is 18.2 Å². The van der Waals surface area contributed by atoms with Gasteiger partial charge in [0.05, 0.1) is 6.10 Å². The first-order valence-electron chi connectivity index (χ1n) is 9.14. The van der Waals surface area contributed by atoms with Crippen molar-refractivity contribution in [3.05, 3.63) is 23.8 Å². The molecule has 2 unspecified atom stereocenters. The predicted molar refractivity (Wildman–Crippen MR) is 94.5 cm³/mol. The first-order chi connectivity index (χ1) is 11.5. The van der Waals surface area contributed by atoms with Gasteiger partial charge in [-0.05, 0) is 49.8 Å². The number of carbonyl (C=O) groups excluding carboxylic acids is 1. The Morgan fingerprint density at radius 2 is 1.88 bits per heavy atom. The van der Waals surface area contributed by atoms with Crippen LogP contribution in [0.1, 0.15) is 77.7 Å². The molecule has 1 aromatic rings. The SMILES string of the molecule is CCC(C)c1ccc(OC(C)OC2CCCCC2)c(OC(C)=O)c1. The number of ether oxygens (including phenoxy) is 3. The molecule has 2 atom stereocenters. The van der Waals surface area contributed by atoms with Gasteiger partial charge >= 0.3 is 5.97 Å². The molecule has 0 N–H and O–H groups in total. The maximum Gasteiger partial charge on any atom is 0.308 e. The summed E-state index contributed by atoms with van der Waals surface area (Å²) in [5, 5.41) is 0. The van der Waals surface area contributed by atoms with Crippen molar-refractivity contribution in [3.8, 4) is 11.5 Å². The minimum atomic E-state index is -0.364. The Morgan fingerprint density at radius 3 is 2.50 bits per heavy atom. The van der Waals surface area contributed by atoms with E-state index in [4.69, 9.17) is 14.2 Å². The first kappa shape index (κ1) is 18.8. The zero-order valence-electron chi connectivity index (χ0n) is 15.3. The molecule has 0 heterocycles. The van der Waals surface area contributed by atoms with Crippen LogP contribution in [0, 0.1) is 0 Å². The van der Waals surface area contributed by atoms with Crippen molar-refractivity contribution >= 4 is 5.97 Å². The van der Waals surface area contributed by atoms with Crippen LogP contribution >= 0.6 is 0 Å². The summed E-state index contributed by atoms with van der Waals surface area (Å²) in [5.74, 6) is 1.09. The molecule has 0 amide bonds. The summed E-state index contributed by atoms with van der Waals surface area (Å²) < 4.78 is 17.3. The summed E-state index contributed by atoms with van der Waals surface area (Å²) >= 11 is 0. The topological polar surface area (TPSA) is 44.8 Å². The molecule has 1 aromatic carbocycles. The van der Waals surface area contributed by atoms with Crippen LogP contribution in [-0.2, 0) is 9.53 Å². The van der Waals surface area contributed by atoms with E-state index in [0.29, 0.717) is 17.4 Å². The summed E-state index contributed by atoms with van der Waals surface area (Å²) in [6.45, 7) is 7.60. The van der Waals surface area contributed by atoms with Crippen molar-refractivity contribution in [2.75, 3.05) is 0 Å². The normalized spacial score (nSPS) is 18.0. The molecule has 24 heavy (non-hydrogen) atoms. The molecular formula is C20H30O4. The average Bonchev–Trinajstić information content (AvgIpc) is 2.56. The third-order valence-corrected chi connectivity index (χ3v) is 4.63. The molecule has 0 radical (unpaired) electrons. The van der Waals surface area contributed by atoms with Gasteiger partial charge in [-0.15, -0.1) is 0 Å². The fraction of sp³-hybridized carbons (Fsp3) is 0.650. The lowest BCUT2D eigenvalue weighted by Crippen LogP contribution is -2.26. The summed E-state index contributed by atoms with van der Waals surface area (Å²) in [6.07, 6.45) is 6.86. The van der Waals surface area contributed by atoms with Crippen LogP contribution < -0.4 is 9.47 Å². The van der Waals surface area contributed by atoms with E-state index in [1.807, 2.05) is 25.1 Å². The Kier molecular flexibility index (Phi) is 7.10. The summed E-state index contributed by atoms with van der Waals surface area (Å²) in [7, 11) is 0. The van der Waals surface area contributed by atoms with E-state index in [2.05, 4.69) is 13.8 Å². The molecule has 134 valence electrons. The molecule has 0 aromatic heterocycles. The minimum Gasteiger partial charge on any atom is -0.461 e. The fourth-order valence-corrected chi connectivity index (χ4v) is 3.08. The average molecular weight is 334 g/mol. The van der Waals surface area contributed by atoms with Gasteiger partial charge in [0, 0.05) is 6.92 Å². The van der Waals surface area contributed by atoms with E-state index in [-0.39, 0.29) is 18.4 Å². The van der Waals surface area contributed by atoms with Crippen molar-refractivity contribution in [2.24, 2.45) is 0 Å². The molecule has 4 nitrogen and oxygen atoms in total. The molecular weight excluding hydrogens is 304 g/mol. The van der Waals surface area contributed by atoms with Gasteiger partial charge in [-0.3, -0.25) is 4.79 Å². The summed E-state index contributed by atoms with van der Waals surface area (Å²) in [4.78, 5) is 11.4. The molecule has 0 spiro atoms. The maximum atomic E-state index is 11.4. The molecule has 1 fully saturated rings. The number of carbonyl (C=O) groups is 1. The Labute approximate surface area is 145 Å². The number of hydrogen-bond acceptors (Lipinski definition) is 4. The largest absolute Gasteiger partial charge is 0.461 e. The van der Waals surface area contributed by atoms with E-state index in [1.165, 1.54) is 26.2 Å². The lowest BCUT2D eigenvalue weighted by Gasteiger charge is -2.26. The van der Waals surface area contributed by atoms with Crippen molar-refractivity contribution in [1.82, 2.24) is 0 Å². The zero-order valence-corrected chi connectivity index (χ0v) is 15.3. The minimum absolute atomic E-state index is 0.269. The van der Waals surface area contributed by atoms with E-state index in [1.54, 1.807) is 0 Å². The first-order valence-corrected chi connectivity index (χ1v) is 9.14. The number of esters is 1. The lowest BCUT2D eigenvalue weighted by atomic mass is 9.98. The van der Waals surface area contributed by atoms with Crippen molar-refractivity contribution in [3.63, 3.8) is 0 Å². The monoisotopic (exact) mass is 334 g/mol. The molecule has 0 bridgehead atoms. The number of hydrogen-bond donors (Lipinski definition) is 0. The number of rotatable bonds is 7. The zero-order chi connectivity index (χ0) is 17.5. The van der Waals surface area contributed by atoms with E-state index < -0.39 is 0 Å². The quantitative estimate of drug-likeness (QED) is 0.390. The molecule has 0 aliphatic heterocycles. The van der Waals surface area contributed by atoms with Crippen LogP contribution in [0.3, 0.4) is 0 Å². The highest BCUT2D eigenvalue weighted by Gasteiger charge is 2.19. The van der Waals surface area contributed by atoms with Crippen molar-refractivity contribution in [1.29, 1.82) is 0 Å². The van der Waals surface area contributed by atoms with Crippen LogP contribution in [0.25, 0.3) is 0 Å². The maximum absolute atomic E-state index is 11.4. The van der Waals surface area contributed by atoms with Crippen molar-refractivity contribution < 1.29 is 19.0 Å².